The zero-order chi connectivity index (χ0) is 67.4. The number of aliphatic carboxylic acids is 1. The summed E-state index contributed by atoms with van der Waals surface area (Å²) in [5.74, 6) is -0.121. The summed E-state index contributed by atoms with van der Waals surface area (Å²) in [6, 6.07) is 0. The van der Waals surface area contributed by atoms with Gasteiger partial charge in [0.25, 0.3) is 0 Å². The molecule has 0 saturated heterocycles. The minimum Gasteiger partial charge on any atom is -0.481 e. The van der Waals surface area contributed by atoms with Crippen molar-refractivity contribution in [1.29, 1.82) is 0 Å². The summed E-state index contributed by atoms with van der Waals surface area (Å²) in [6.07, 6.45) is 54.9. The topological polar surface area (TPSA) is 181 Å². The van der Waals surface area contributed by atoms with E-state index in [0.717, 1.165) is 200 Å². The standard InChI is InChI=1S/C78H150N4O10/c1-7-11-15-19-27-39-52-72(53-40-28-20-16-12-8-2)92-78(89)59-44-32-24-36-48-65-82(64-47-35-23-31-43-58-77(88)91-69-71(6)51-38-26-18-14-10-4)67-61-80-74(84)55-49-54-73(83)79-60-66-81(62-45-33-21-29-41-56-75(85)86)63-46-34-22-30-42-57-76(87)90-68-70(5)50-37-25-17-13-9-3/h70-72H,7-69H2,1-6H3,(H,79,83)(H,80,84)(H,85,86). The van der Waals surface area contributed by atoms with Gasteiger partial charge in [-0.2, -0.15) is 0 Å². The van der Waals surface area contributed by atoms with Crippen LogP contribution in [-0.2, 0) is 43.0 Å². The second-order valence-corrected chi connectivity index (χ2v) is 27.9. The molecule has 14 heteroatoms. The highest BCUT2D eigenvalue weighted by Gasteiger charge is 2.16. The lowest BCUT2D eigenvalue weighted by molar-refractivity contribution is -0.150. The van der Waals surface area contributed by atoms with Crippen molar-refractivity contribution in [3.8, 4) is 0 Å². The summed E-state index contributed by atoms with van der Waals surface area (Å²) < 4.78 is 17.3. The molecule has 92 heavy (non-hydrogen) atoms. The number of hydrogen-bond acceptors (Lipinski definition) is 11. The van der Waals surface area contributed by atoms with E-state index in [0.29, 0.717) is 83.1 Å². The van der Waals surface area contributed by atoms with Crippen LogP contribution in [0, 0.1) is 11.8 Å². The van der Waals surface area contributed by atoms with Gasteiger partial charge in [0.15, 0.2) is 0 Å². The van der Waals surface area contributed by atoms with Crippen LogP contribution in [0.25, 0.3) is 0 Å². The van der Waals surface area contributed by atoms with Crippen LogP contribution < -0.4 is 10.6 Å². The third kappa shape index (κ3) is 65.4. The molecule has 542 valence electrons. The number of carboxylic acid groups (broad SMARTS) is 1. The lowest BCUT2D eigenvalue weighted by Crippen LogP contribution is -2.36. The Kier molecular flexibility index (Phi) is 66.7. The quantitative estimate of drug-likeness (QED) is 0.0298. The van der Waals surface area contributed by atoms with Crippen LogP contribution in [0.2, 0.25) is 0 Å². The number of nitrogens with one attached hydrogen (secondary N) is 2. The molecule has 2 amide bonds. The van der Waals surface area contributed by atoms with Crippen molar-refractivity contribution < 1.29 is 48.1 Å². The highest BCUT2D eigenvalue weighted by atomic mass is 16.5. The van der Waals surface area contributed by atoms with Gasteiger partial charge in [0.05, 0.1) is 13.2 Å². The summed E-state index contributed by atoms with van der Waals surface area (Å²) in [5, 5.41) is 15.2. The van der Waals surface area contributed by atoms with Gasteiger partial charge >= 0.3 is 23.9 Å². The van der Waals surface area contributed by atoms with Gasteiger partial charge in [0.1, 0.15) is 6.10 Å². The van der Waals surface area contributed by atoms with Crippen molar-refractivity contribution in [2.75, 3.05) is 65.6 Å². The Hall–Kier alpha value is -3.26. The van der Waals surface area contributed by atoms with Crippen molar-refractivity contribution in [2.24, 2.45) is 11.8 Å². The molecule has 0 aromatic rings. The van der Waals surface area contributed by atoms with E-state index in [4.69, 9.17) is 19.3 Å². The minimum atomic E-state index is -0.735. The van der Waals surface area contributed by atoms with Crippen LogP contribution in [0.3, 0.4) is 0 Å². The Labute approximate surface area is 567 Å². The van der Waals surface area contributed by atoms with Gasteiger partial charge < -0.3 is 39.8 Å². The number of hydrogen-bond donors (Lipinski definition) is 3. The summed E-state index contributed by atoms with van der Waals surface area (Å²) in [6.45, 7) is 20.9. The molecule has 0 aromatic heterocycles. The number of amides is 2. The lowest BCUT2D eigenvalue weighted by Gasteiger charge is -2.23. The molecule has 0 radical (unpaired) electrons. The number of unbranched alkanes of at least 4 members (excludes halogenated alkanes) is 34. The molecule has 0 aliphatic carbocycles. The average molecular weight is 1300 g/mol. The van der Waals surface area contributed by atoms with Crippen LogP contribution in [0.4, 0.5) is 0 Å². The van der Waals surface area contributed by atoms with E-state index < -0.39 is 5.97 Å². The lowest BCUT2D eigenvalue weighted by atomic mass is 10.0. The molecule has 3 N–H and O–H groups in total. The summed E-state index contributed by atoms with van der Waals surface area (Å²) in [5.41, 5.74) is 0. The number of rotatable bonds is 73. The van der Waals surface area contributed by atoms with Gasteiger partial charge in [-0.3, -0.25) is 28.8 Å². The molecule has 0 bridgehead atoms. The van der Waals surface area contributed by atoms with Crippen molar-refractivity contribution in [3.63, 3.8) is 0 Å². The Morgan fingerprint density at radius 2 is 0.598 bits per heavy atom. The number of ether oxygens (including phenoxy) is 3. The third-order valence-corrected chi connectivity index (χ3v) is 18.5. The Morgan fingerprint density at radius 3 is 0.935 bits per heavy atom. The van der Waals surface area contributed by atoms with Crippen LogP contribution in [-0.4, -0.2) is 122 Å². The van der Waals surface area contributed by atoms with Gasteiger partial charge in [-0.25, -0.2) is 0 Å². The van der Waals surface area contributed by atoms with Crippen molar-refractivity contribution in [1.82, 2.24) is 20.4 Å². The minimum absolute atomic E-state index is 0.0203. The third-order valence-electron chi connectivity index (χ3n) is 18.5. The first-order valence-electron chi connectivity index (χ1n) is 39.5. The number of nitrogens with zero attached hydrogens (tertiary/aromatic N) is 2. The Bertz CT molecular complexity index is 1670. The monoisotopic (exact) mass is 1300 g/mol. The summed E-state index contributed by atoms with van der Waals surface area (Å²) in [4.78, 5) is 79.8. The van der Waals surface area contributed by atoms with Crippen LogP contribution in [0.1, 0.15) is 382 Å². The first-order valence-corrected chi connectivity index (χ1v) is 39.5. The molecule has 0 aliphatic heterocycles. The van der Waals surface area contributed by atoms with Crippen LogP contribution in [0.5, 0.6) is 0 Å². The molecule has 2 atom stereocenters. The fourth-order valence-corrected chi connectivity index (χ4v) is 12.3. The molecular weight excluding hydrogens is 1150 g/mol. The molecule has 0 fully saturated rings. The molecule has 0 saturated carbocycles. The molecule has 0 heterocycles. The molecule has 14 nitrogen and oxygen atoms in total. The fourth-order valence-electron chi connectivity index (χ4n) is 12.3. The average Bonchev–Trinajstić information content (AvgIpc) is 3.76. The van der Waals surface area contributed by atoms with Crippen molar-refractivity contribution >= 4 is 35.7 Å². The smallest absolute Gasteiger partial charge is 0.306 e. The Morgan fingerprint density at radius 1 is 0.315 bits per heavy atom. The Balaban J connectivity index is 5.03. The van der Waals surface area contributed by atoms with E-state index in [1.165, 1.54) is 128 Å². The maximum Gasteiger partial charge on any atom is 0.306 e. The fraction of sp³-hybridized carbons (Fsp3) is 0.923. The van der Waals surface area contributed by atoms with Gasteiger partial charge in [0, 0.05) is 64.7 Å². The van der Waals surface area contributed by atoms with E-state index in [9.17, 15) is 28.8 Å². The van der Waals surface area contributed by atoms with Crippen molar-refractivity contribution in [3.05, 3.63) is 0 Å². The molecule has 2 unspecified atom stereocenters. The zero-order valence-corrected chi connectivity index (χ0v) is 61.3. The van der Waals surface area contributed by atoms with E-state index in [-0.39, 0.29) is 42.2 Å². The number of carboxylic acids is 1. The van der Waals surface area contributed by atoms with Crippen LogP contribution >= 0.6 is 0 Å². The predicted octanol–water partition coefficient (Wildman–Crippen LogP) is 19.9. The zero-order valence-electron chi connectivity index (χ0n) is 61.3. The van der Waals surface area contributed by atoms with Gasteiger partial charge in [0.2, 0.25) is 11.8 Å². The first-order chi connectivity index (χ1) is 44.8. The number of esters is 3. The van der Waals surface area contributed by atoms with E-state index >= 15 is 0 Å². The van der Waals surface area contributed by atoms with Gasteiger partial charge in [-0.05, 0) is 134 Å². The van der Waals surface area contributed by atoms with Crippen molar-refractivity contribution in [2.45, 2.75) is 388 Å². The summed E-state index contributed by atoms with van der Waals surface area (Å²) >= 11 is 0. The van der Waals surface area contributed by atoms with E-state index in [1.54, 1.807) is 0 Å². The largest absolute Gasteiger partial charge is 0.481 e. The molecule has 0 rings (SSSR count). The van der Waals surface area contributed by atoms with E-state index in [1.807, 2.05) is 0 Å². The highest BCUT2D eigenvalue weighted by molar-refractivity contribution is 5.78. The maximum atomic E-state index is 13.1. The second-order valence-electron chi connectivity index (χ2n) is 27.9. The number of carbonyl (C=O) groups is 6. The summed E-state index contributed by atoms with van der Waals surface area (Å²) in [7, 11) is 0. The number of carbonyl (C=O) groups excluding carboxylic acids is 5. The van der Waals surface area contributed by atoms with Gasteiger partial charge in [-0.15, -0.1) is 0 Å². The normalized spacial score (nSPS) is 12.2. The first kappa shape index (κ1) is 88.7. The SMILES string of the molecule is CCCCCCCCC(CCCCCCCC)OC(=O)CCCCCCCN(CCCCCCCC(=O)OCC(C)CCCCCCC)CCNC(=O)CCCC(=O)NCCN(CCCCCCCC(=O)O)CCCCCCCC(=O)OCC(C)CCCCCCC. The van der Waals surface area contributed by atoms with Crippen LogP contribution in [0.15, 0.2) is 0 Å². The second kappa shape index (κ2) is 69.1. The van der Waals surface area contributed by atoms with E-state index in [2.05, 4.69) is 62.0 Å². The molecule has 0 aromatic carbocycles. The highest BCUT2D eigenvalue weighted by Crippen LogP contribution is 2.20. The predicted molar refractivity (Wildman–Crippen MR) is 384 cm³/mol. The molecular formula is C78H150N4O10. The van der Waals surface area contributed by atoms with Gasteiger partial charge in [-0.1, -0.05) is 247 Å². The molecule has 0 aliphatic rings. The maximum absolute atomic E-state index is 13.1. The molecule has 0 spiro atoms.